The van der Waals surface area contributed by atoms with E-state index in [1.807, 2.05) is 0 Å². The van der Waals surface area contributed by atoms with Crippen molar-refractivity contribution in [3.63, 3.8) is 0 Å². The highest BCUT2D eigenvalue weighted by molar-refractivity contribution is 7.50. The van der Waals surface area contributed by atoms with Gasteiger partial charge in [0.05, 0.1) is 64.4 Å². The van der Waals surface area contributed by atoms with Gasteiger partial charge < -0.3 is 18.9 Å². The highest BCUT2D eigenvalue weighted by Crippen LogP contribution is 2.55. The van der Waals surface area contributed by atoms with Crippen molar-refractivity contribution in [1.82, 2.24) is 0 Å². The van der Waals surface area contributed by atoms with E-state index in [9.17, 15) is 0 Å². The van der Waals surface area contributed by atoms with Crippen LogP contribution < -0.4 is 31.3 Å². The fourth-order valence-electron chi connectivity index (χ4n) is 7.30. The summed E-state index contributed by atoms with van der Waals surface area (Å²) in [6.45, 7) is 3.43. The molecule has 2 unspecified atom stereocenters. The average molecular weight is 581 g/mol. The van der Waals surface area contributed by atoms with E-state index in [-0.39, 0.29) is 12.2 Å². The van der Waals surface area contributed by atoms with Crippen molar-refractivity contribution in [1.29, 1.82) is 0 Å². The van der Waals surface area contributed by atoms with Crippen molar-refractivity contribution < 1.29 is 18.9 Å². The molecule has 2 saturated heterocycles. The second-order valence-corrected chi connectivity index (χ2v) is 13.5. The molecule has 0 radical (unpaired) electrons. The predicted molar refractivity (Wildman–Crippen MR) is 210 cm³/mol. The molecule has 2 aliphatic heterocycles. The van der Waals surface area contributed by atoms with E-state index in [1.165, 1.54) is 55.2 Å². The van der Waals surface area contributed by atoms with Gasteiger partial charge in [-0.15, -0.1) is 0 Å². The van der Waals surface area contributed by atoms with Crippen LogP contribution in [0.5, 0.6) is 11.5 Å². The summed E-state index contributed by atoms with van der Waals surface area (Å²) in [6, 6.07) is 27.8. The maximum Gasteiger partial charge on any atom is 0.144 e. The minimum atomic E-state index is -0.496. The number of benzene rings is 4. The molecule has 3 aliphatic rings. The van der Waals surface area contributed by atoms with Crippen LogP contribution >= 0.6 is 0 Å². The molecule has 4 aromatic rings. The summed E-state index contributed by atoms with van der Waals surface area (Å²) in [4.78, 5) is 0. The molecule has 2 heterocycles. The second-order valence-electron chi connectivity index (χ2n) is 13.5. The van der Waals surface area contributed by atoms with E-state index >= 15 is 0 Å². The largest absolute Gasteiger partial charge is 0.492 e. The summed E-state index contributed by atoms with van der Waals surface area (Å²) < 4.78 is 24.1. The van der Waals surface area contributed by atoms with Gasteiger partial charge in [-0.2, -0.15) is 0 Å². The number of ether oxygens (including phenoxy) is 4. The van der Waals surface area contributed by atoms with Gasteiger partial charge in [-0.25, -0.2) is 0 Å². The molecule has 0 bridgehead atoms. The lowest BCUT2D eigenvalue weighted by molar-refractivity contribution is 0.266. The fraction of sp³-hybridized carbons (Fsp3) is 0.226. The topological polar surface area (TPSA) is 43.5 Å². The first kappa shape index (κ1) is 30.7. The molecule has 45 heavy (non-hydrogen) atoms. The van der Waals surface area contributed by atoms with E-state index in [1.54, 1.807) is 0 Å². The zero-order valence-electron chi connectivity index (χ0n) is 27.6. The Morgan fingerprint density at radius 1 is 0.756 bits per heavy atom. The van der Waals surface area contributed by atoms with E-state index in [2.05, 4.69) is 119 Å². The Labute approximate surface area is 275 Å². The van der Waals surface area contributed by atoms with Crippen molar-refractivity contribution in [3.8, 4) is 22.6 Å². The third kappa shape index (κ3) is 5.46. The monoisotopic (exact) mass is 582 g/mol. The van der Waals surface area contributed by atoms with Gasteiger partial charge in [-0.05, 0) is 38.8 Å². The van der Waals surface area contributed by atoms with Crippen molar-refractivity contribution in [2.75, 3.05) is 26.4 Å². The van der Waals surface area contributed by atoms with Crippen molar-refractivity contribution in [3.05, 3.63) is 95.1 Å². The third-order valence-corrected chi connectivity index (χ3v) is 10.1. The molecule has 214 valence electrons. The summed E-state index contributed by atoms with van der Waals surface area (Å²) >= 11 is 0. The molecule has 0 spiro atoms. The quantitative estimate of drug-likeness (QED) is 0.109. The van der Waals surface area contributed by atoms with E-state index in [0.29, 0.717) is 26.2 Å². The number of fused-ring (bicyclic) bond motifs is 3. The molecule has 0 N–H and O–H groups in total. The van der Waals surface area contributed by atoms with Gasteiger partial charge in [0.25, 0.3) is 0 Å². The van der Waals surface area contributed by atoms with E-state index < -0.39 is 5.41 Å². The van der Waals surface area contributed by atoms with Crippen LogP contribution in [0.25, 0.3) is 11.1 Å². The van der Waals surface area contributed by atoms with Crippen LogP contribution in [0.4, 0.5) is 0 Å². The van der Waals surface area contributed by atoms with Gasteiger partial charge >= 0.3 is 0 Å². The van der Waals surface area contributed by atoms with Gasteiger partial charge in [-0.1, -0.05) is 89.2 Å². The van der Waals surface area contributed by atoms with E-state index in [4.69, 9.17) is 18.9 Å². The molecule has 0 aromatic heterocycles. The summed E-state index contributed by atoms with van der Waals surface area (Å²) in [5.74, 6) is 2.05. The van der Waals surface area contributed by atoms with Gasteiger partial charge in [0.2, 0.25) is 0 Å². The van der Waals surface area contributed by atoms with Gasteiger partial charge in [-0.3, -0.25) is 0 Å². The predicted octanol–water partition coefficient (Wildman–Crippen LogP) is -5.25. The molecule has 1 aliphatic carbocycles. The first-order chi connectivity index (χ1) is 21.9. The molecule has 2 atom stereocenters. The van der Waals surface area contributed by atoms with Crippen LogP contribution in [0.2, 0.25) is 0 Å². The Kier molecular flexibility index (Phi) is 8.41. The Balaban J connectivity index is 1.52. The molecule has 0 saturated carbocycles. The van der Waals surface area contributed by atoms with Crippen LogP contribution in [0.15, 0.2) is 72.8 Å². The number of rotatable bonds is 12. The molecule has 0 amide bonds. The Hall–Kier alpha value is -2.95. The first-order valence-electron chi connectivity index (χ1n) is 16.9. The minimum Gasteiger partial charge on any atom is -0.492 e. The Morgan fingerprint density at radius 2 is 1.29 bits per heavy atom. The zero-order valence-corrected chi connectivity index (χ0v) is 27.6. The molecule has 2 fully saturated rings. The second kappa shape index (κ2) is 12.3. The van der Waals surface area contributed by atoms with Crippen LogP contribution in [0.1, 0.15) is 22.3 Å². The molecule has 4 nitrogen and oxygen atoms in total. The van der Waals surface area contributed by atoms with Crippen LogP contribution in [-0.4, -0.2) is 112 Å². The maximum absolute atomic E-state index is 6.59. The van der Waals surface area contributed by atoms with Crippen LogP contribution in [0.3, 0.4) is 0 Å². The van der Waals surface area contributed by atoms with Crippen LogP contribution in [-0.2, 0) is 14.9 Å². The van der Waals surface area contributed by atoms with Crippen LogP contribution in [0, 0.1) is 0 Å². The standard InChI is InChI=1S/C31H36B10O4/c32-25-9-17(11-27(40(35)36)29(25)44-15-19-13-42-19)31(23-7-3-1-5-21(23)22-6-2-4-8-24(22)31)18-10-26(38-33)30(45-16-20-14-43-20)28(12-18)41(37)39-34/h1-12,19-20,38-39H,13-16,32-37H2. The van der Waals surface area contributed by atoms with Gasteiger partial charge in [0.1, 0.15) is 64.9 Å². The molecule has 14 heteroatoms. The molecular formula is C31H36B10O4. The molecule has 7 rings (SSSR count). The zero-order chi connectivity index (χ0) is 31.3. The highest BCUT2D eigenvalue weighted by atomic mass is 16.6. The lowest BCUT2D eigenvalue weighted by Crippen LogP contribution is -2.44. The maximum atomic E-state index is 6.59. The summed E-state index contributed by atoms with van der Waals surface area (Å²) in [5.41, 5.74) is 12.3. The lowest BCUT2D eigenvalue weighted by atomic mass is 9.03. The summed E-state index contributed by atoms with van der Waals surface area (Å²) in [5, 5.41) is 0. The SMILES string of the molecule is BBB(B)c1cc(C2(c3cc(B)c(OCC4CO4)c(B(B)B)c3)c3ccccc3-c3ccccc32)cc(BB)c1OCC1CO1. The Bertz CT molecular complexity index is 1700. The minimum absolute atomic E-state index is 0.211. The smallest absolute Gasteiger partial charge is 0.144 e. The molecular weight excluding hydrogens is 544 g/mol. The van der Waals surface area contributed by atoms with Crippen molar-refractivity contribution in [2.45, 2.75) is 17.6 Å². The summed E-state index contributed by atoms with van der Waals surface area (Å²) in [7, 11) is 15.5. The number of hydrogen-bond donors (Lipinski definition) is 0. The van der Waals surface area contributed by atoms with Gasteiger partial charge in [0.15, 0.2) is 0 Å². The van der Waals surface area contributed by atoms with Crippen molar-refractivity contribution >= 4 is 95.6 Å². The normalized spacial score (nSPS) is 18.3. The average Bonchev–Trinajstić information content (AvgIpc) is 4.00. The number of epoxide rings is 2. The summed E-state index contributed by atoms with van der Waals surface area (Å²) in [6.07, 6.45) is 0.423. The number of hydrogen-bond acceptors (Lipinski definition) is 4. The highest BCUT2D eigenvalue weighted by Gasteiger charge is 2.47. The van der Waals surface area contributed by atoms with Gasteiger partial charge in [0, 0.05) is 0 Å². The Morgan fingerprint density at radius 3 is 1.82 bits per heavy atom. The fourth-order valence-corrected chi connectivity index (χ4v) is 7.30. The first-order valence-corrected chi connectivity index (χ1v) is 16.9. The van der Waals surface area contributed by atoms with E-state index in [0.717, 1.165) is 38.9 Å². The molecule has 4 aromatic carbocycles. The van der Waals surface area contributed by atoms with Crippen molar-refractivity contribution in [2.24, 2.45) is 0 Å². The lowest BCUT2D eigenvalue weighted by Gasteiger charge is -2.36. The third-order valence-electron chi connectivity index (χ3n) is 10.1.